The Balaban J connectivity index is 1.74. The number of carboxylic acid groups (broad SMARTS) is 1. The maximum atomic E-state index is 12.4. The van der Waals surface area contributed by atoms with Gasteiger partial charge in [0.25, 0.3) is 0 Å². The molecule has 3 unspecified atom stereocenters. The quantitative estimate of drug-likeness (QED) is 0.892. The summed E-state index contributed by atoms with van der Waals surface area (Å²) >= 11 is 0. The number of hydrogen-bond acceptors (Lipinski definition) is 3. The maximum Gasteiger partial charge on any atom is 0.307 e. The van der Waals surface area contributed by atoms with E-state index in [9.17, 15) is 14.7 Å². The van der Waals surface area contributed by atoms with Crippen LogP contribution < -0.4 is 10.1 Å². The zero-order valence-corrected chi connectivity index (χ0v) is 12.1. The molecule has 21 heavy (non-hydrogen) atoms. The van der Waals surface area contributed by atoms with Crippen molar-refractivity contribution in [3.8, 4) is 5.75 Å². The summed E-state index contributed by atoms with van der Waals surface area (Å²) in [6, 6.07) is 7.52. The highest BCUT2D eigenvalue weighted by Crippen LogP contribution is 2.58. The number of benzene rings is 1. The molecule has 5 heteroatoms. The number of carbonyl (C=O) groups excluding carboxylic acids is 1. The van der Waals surface area contributed by atoms with Crippen molar-refractivity contribution in [1.29, 1.82) is 0 Å². The third-order valence-corrected chi connectivity index (χ3v) is 4.65. The van der Waals surface area contributed by atoms with Gasteiger partial charge in [-0.2, -0.15) is 0 Å². The topological polar surface area (TPSA) is 75.6 Å². The van der Waals surface area contributed by atoms with Gasteiger partial charge in [-0.15, -0.1) is 0 Å². The van der Waals surface area contributed by atoms with Crippen molar-refractivity contribution < 1.29 is 19.4 Å². The molecule has 0 bridgehead atoms. The Morgan fingerprint density at radius 3 is 2.67 bits per heavy atom. The van der Waals surface area contributed by atoms with E-state index in [1.165, 1.54) is 0 Å². The SMILES string of the molecule is CC1(C)C(C(=O)O)C1C(=O)NC1CCOc2ccccc21. The minimum atomic E-state index is -0.896. The lowest BCUT2D eigenvalue weighted by atomic mass is 10.00. The maximum absolute atomic E-state index is 12.4. The molecule has 0 aromatic heterocycles. The van der Waals surface area contributed by atoms with Gasteiger partial charge in [0.2, 0.25) is 5.91 Å². The molecule has 3 rings (SSSR count). The number of ether oxygens (including phenoxy) is 1. The van der Waals surface area contributed by atoms with Crippen molar-refractivity contribution >= 4 is 11.9 Å². The molecule has 1 amide bonds. The number of fused-ring (bicyclic) bond motifs is 1. The van der Waals surface area contributed by atoms with Crippen LogP contribution in [0.4, 0.5) is 0 Å². The molecule has 0 saturated heterocycles. The number of nitrogens with one attached hydrogen (secondary N) is 1. The van der Waals surface area contributed by atoms with Crippen LogP contribution in [0.2, 0.25) is 0 Å². The zero-order chi connectivity index (χ0) is 15.2. The average molecular weight is 289 g/mol. The fraction of sp³-hybridized carbons (Fsp3) is 0.500. The van der Waals surface area contributed by atoms with Crippen molar-refractivity contribution in [2.75, 3.05) is 6.61 Å². The second-order valence-electron chi connectivity index (χ2n) is 6.35. The van der Waals surface area contributed by atoms with Crippen molar-refractivity contribution in [1.82, 2.24) is 5.32 Å². The second kappa shape index (κ2) is 4.76. The first kappa shape index (κ1) is 13.9. The Kier molecular flexibility index (Phi) is 3.15. The van der Waals surface area contributed by atoms with Crippen LogP contribution in [0.1, 0.15) is 31.9 Å². The normalized spacial score (nSPS) is 29.0. The second-order valence-corrected chi connectivity index (χ2v) is 6.35. The number of aliphatic carboxylic acids is 1. The van der Waals surface area contributed by atoms with Crippen molar-refractivity contribution in [3.05, 3.63) is 29.8 Å². The minimum absolute atomic E-state index is 0.103. The van der Waals surface area contributed by atoms with E-state index in [2.05, 4.69) is 5.32 Å². The van der Waals surface area contributed by atoms with Gasteiger partial charge in [-0.1, -0.05) is 32.0 Å². The number of rotatable bonds is 3. The van der Waals surface area contributed by atoms with Crippen molar-refractivity contribution in [3.63, 3.8) is 0 Å². The molecule has 112 valence electrons. The standard InChI is InChI=1S/C16H19NO4/c1-16(2)12(13(16)15(19)20)14(18)17-10-7-8-21-11-6-4-3-5-9(10)11/h3-6,10,12-13H,7-8H2,1-2H3,(H,17,18)(H,19,20). The summed E-state index contributed by atoms with van der Waals surface area (Å²) in [5, 5.41) is 12.2. The molecule has 2 N–H and O–H groups in total. The Labute approximate surface area is 123 Å². The highest BCUT2D eigenvalue weighted by Gasteiger charge is 2.66. The fourth-order valence-electron chi connectivity index (χ4n) is 3.34. The van der Waals surface area contributed by atoms with E-state index in [0.29, 0.717) is 13.0 Å². The molecular weight excluding hydrogens is 270 g/mol. The van der Waals surface area contributed by atoms with Gasteiger partial charge in [-0.3, -0.25) is 9.59 Å². The average Bonchev–Trinajstić information content (AvgIpc) is 3.02. The molecule has 1 aliphatic carbocycles. The Hall–Kier alpha value is -2.04. The molecule has 1 aromatic carbocycles. The predicted molar refractivity (Wildman–Crippen MR) is 75.8 cm³/mol. The summed E-state index contributed by atoms with van der Waals surface area (Å²) in [6.45, 7) is 4.21. The summed E-state index contributed by atoms with van der Waals surface area (Å²) < 4.78 is 5.57. The van der Waals surface area contributed by atoms with E-state index < -0.39 is 23.2 Å². The molecule has 5 nitrogen and oxygen atoms in total. The molecule has 2 aliphatic rings. The third-order valence-electron chi connectivity index (χ3n) is 4.65. The van der Waals surface area contributed by atoms with Crippen LogP contribution in [0, 0.1) is 17.3 Å². The van der Waals surface area contributed by atoms with Gasteiger partial charge in [-0.05, 0) is 11.5 Å². The monoisotopic (exact) mass is 289 g/mol. The number of para-hydroxylation sites is 1. The van der Waals surface area contributed by atoms with E-state index in [-0.39, 0.29) is 11.9 Å². The molecule has 0 spiro atoms. The van der Waals surface area contributed by atoms with E-state index in [4.69, 9.17) is 4.74 Å². The van der Waals surface area contributed by atoms with E-state index >= 15 is 0 Å². The molecule has 3 atom stereocenters. The summed E-state index contributed by atoms with van der Waals surface area (Å²) in [5.41, 5.74) is 0.489. The van der Waals surface area contributed by atoms with Gasteiger partial charge < -0.3 is 15.2 Å². The van der Waals surface area contributed by atoms with Gasteiger partial charge in [-0.25, -0.2) is 0 Å². The lowest BCUT2D eigenvalue weighted by Gasteiger charge is -2.26. The van der Waals surface area contributed by atoms with Gasteiger partial charge in [0, 0.05) is 12.0 Å². The van der Waals surface area contributed by atoms with Crippen LogP contribution in [-0.2, 0) is 9.59 Å². The van der Waals surface area contributed by atoms with Crippen molar-refractivity contribution in [2.24, 2.45) is 17.3 Å². The van der Waals surface area contributed by atoms with E-state index in [1.54, 1.807) is 0 Å². The number of carboxylic acids is 1. The zero-order valence-electron chi connectivity index (χ0n) is 12.1. The molecule has 1 saturated carbocycles. The largest absolute Gasteiger partial charge is 0.493 e. The lowest BCUT2D eigenvalue weighted by Crippen LogP contribution is -2.34. The van der Waals surface area contributed by atoms with Crippen LogP contribution in [-0.4, -0.2) is 23.6 Å². The molecule has 1 aromatic rings. The Bertz CT molecular complexity index is 596. The van der Waals surface area contributed by atoms with Gasteiger partial charge >= 0.3 is 5.97 Å². The summed E-state index contributed by atoms with van der Waals surface area (Å²) in [7, 11) is 0. The summed E-state index contributed by atoms with van der Waals surface area (Å²) in [6.07, 6.45) is 0.702. The van der Waals surface area contributed by atoms with E-state index in [0.717, 1.165) is 11.3 Å². The first-order chi connectivity index (χ1) is 9.93. The highest BCUT2D eigenvalue weighted by atomic mass is 16.5. The van der Waals surface area contributed by atoms with Gasteiger partial charge in [0.1, 0.15) is 5.75 Å². The van der Waals surface area contributed by atoms with Crippen LogP contribution >= 0.6 is 0 Å². The minimum Gasteiger partial charge on any atom is -0.493 e. The lowest BCUT2D eigenvalue weighted by molar-refractivity contribution is -0.140. The Morgan fingerprint density at radius 2 is 2.00 bits per heavy atom. The molecule has 1 heterocycles. The highest BCUT2D eigenvalue weighted by molar-refractivity contribution is 5.91. The smallest absolute Gasteiger partial charge is 0.307 e. The first-order valence-corrected chi connectivity index (χ1v) is 7.18. The molecular formula is C16H19NO4. The molecule has 1 aliphatic heterocycles. The fourth-order valence-corrected chi connectivity index (χ4v) is 3.34. The molecule has 0 radical (unpaired) electrons. The van der Waals surface area contributed by atoms with Crippen molar-refractivity contribution in [2.45, 2.75) is 26.3 Å². The van der Waals surface area contributed by atoms with Crippen LogP contribution in [0.5, 0.6) is 5.75 Å². The van der Waals surface area contributed by atoms with Gasteiger partial charge in [0.15, 0.2) is 0 Å². The third kappa shape index (κ3) is 2.26. The number of hydrogen-bond donors (Lipinski definition) is 2. The van der Waals surface area contributed by atoms with Crippen LogP contribution in [0.25, 0.3) is 0 Å². The predicted octanol–water partition coefficient (Wildman–Crippen LogP) is 1.98. The van der Waals surface area contributed by atoms with Gasteiger partial charge in [0.05, 0.1) is 24.5 Å². The summed E-state index contributed by atoms with van der Waals surface area (Å²) in [4.78, 5) is 23.6. The number of amides is 1. The van der Waals surface area contributed by atoms with E-state index in [1.807, 2.05) is 38.1 Å². The molecule has 1 fully saturated rings. The number of carbonyl (C=O) groups is 2. The summed E-state index contributed by atoms with van der Waals surface area (Å²) in [5.74, 6) is -1.32. The Morgan fingerprint density at radius 1 is 1.29 bits per heavy atom. The first-order valence-electron chi connectivity index (χ1n) is 7.18. The van der Waals surface area contributed by atoms with Crippen LogP contribution in [0.15, 0.2) is 24.3 Å². The van der Waals surface area contributed by atoms with Crippen LogP contribution in [0.3, 0.4) is 0 Å².